The Bertz CT molecular complexity index is 361. The third kappa shape index (κ3) is 2.81. The van der Waals surface area contributed by atoms with Crippen molar-refractivity contribution in [2.75, 3.05) is 6.61 Å². The highest BCUT2D eigenvalue weighted by molar-refractivity contribution is 6.31. The van der Waals surface area contributed by atoms with E-state index in [9.17, 15) is 0 Å². The lowest BCUT2D eigenvalue weighted by Crippen LogP contribution is -2.33. The number of ether oxygens (including phenoxy) is 1. The fraction of sp³-hybridized carbons (Fsp3) is 0.750. The highest BCUT2D eigenvalue weighted by Crippen LogP contribution is 2.29. The zero-order valence-corrected chi connectivity index (χ0v) is 11.0. The van der Waals surface area contributed by atoms with E-state index in [0.717, 1.165) is 38.1 Å². The molecule has 2 unspecified atom stereocenters. The Morgan fingerprint density at radius 3 is 3.12 bits per heavy atom. The minimum absolute atomic E-state index is 0.0774. The maximum Gasteiger partial charge on any atom is 0.0835 e. The lowest BCUT2D eigenvalue weighted by atomic mass is 10.0. The van der Waals surface area contributed by atoms with Crippen LogP contribution in [0.2, 0.25) is 5.02 Å². The first-order valence-electron chi connectivity index (χ1n) is 6.32. The van der Waals surface area contributed by atoms with Crippen molar-refractivity contribution in [1.82, 2.24) is 9.78 Å². The van der Waals surface area contributed by atoms with Crippen LogP contribution in [0.1, 0.15) is 44.3 Å². The van der Waals surface area contributed by atoms with Crippen molar-refractivity contribution < 1.29 is 4.74 Å². The number of rotatable bonds is 4. The molecule has 2 heterocycles. The minimum atomic E-state index is -0.170. The summed E-state index contributed by atoms with van der Waals surface area (Å²) in [6.07, 6.45) is 6.09. The Hall–Kier alpha value is -0.580. The molecule has 0 amide bonds. The fourth-order valence-corrected chi connectivity index (χ4v) is 2.59. The number of hydrogen-bond acceptors (Lipinski definition) is 3. The molecule has 1 aliphatic rings. The van der Waals surface area contributed by atoms with Gasteiger partial charge in [0.05, 0.1) is 29.1 Å². The molecule has 0 saturated carbocycles. The summed E-state index contributed by atoms with van der Waals surface area (Å²) >= 11 is 6.18. The summed E-state index contributed by atoms with van der Waals surface area (Å²) in [4.78, 5) is 0. The van der Waals surface area contributed by atoms with Crippen LogP contribution >= 0.6 is 11.6 Å². The van der Waals surface area contributed by atoms with Gasteiger partial charge in [-0.1, -0.05) is 18.5 Å². The quantitative estimate of drug-likeness (QED) is 0.902. The van der Waals surface area contributed by atoms with Crippen LogP contribution in [0.4, 0.5) is 0 Å². The van der Waals surface area contributed by atoms with E-state index < -0.39 is 0 Å². The van der Waals surface area contributed by atoms with Crippen LogP contribution in [0, 0.1) is 0 Å². The molecule has 1 saturated heterocycles. The topological polar surface area (TPSA) is 53.1 Å². The van der Waals surface area contributed by atoms with Gasteiger partial charge in [-0.05, 0) is 25.7 Å². The van der Waals surface area contributed by atoms with Crippen molar-refractivity contribution in [3.05, 3.63) is 16.9 Å². The molecule has 2 atom stereocenters. The molecule has 96 valence electrons. The molecule has 2 N–H and O–H groups in total. The van der Waals surface area contributed by atoms with Crippen molar-refractivity contribution in [3.8, 4) is 0 Å². The molecule has 1 fully saturated rings. The van der Waals surface area contributed by atoms with E-state index in [0.29, 0.717) is 5.02 Å². The number of halogens is 1. The summed E-state index contributed by atoms with van der Waals surface area (Å²) in [5, 5.41) is 4.92. The van der Waals surface area contributed by atoms with Crippen LogP contribution in [0.25, 0.3) is 0 Å². The van der Waals surface area contributed by atoms with Crippen molar-refractivity contribution in [2.24, 2.45) is 5.73 Å². The van der Waals surface area contributed by atoms with Crippen molar-refractivity contribution >= 4 is 11.6 Å². The van der Waals surface area contributed by atoms with Gasteiger partial charge in [-0.15, -0.1) is 0 Å². The minimum Gasteiger partial charge on any atom is -0.376 e. The van der Waals surface area contributed by atoms with E-state index in [-0.39, 0.29) is 12.1 Å². The maximum atomic E-state index is 6.28. The van der Waals surface area contributed by atoms with Gasteiger partial charge >= 0.3 is 0 Å². The Balaban J connectivity index is 2.16. The number of aryl methyl sites for hydroxylation is 1. The number of hydrogen-bond donors (Lipinski definition) is 1. The molecule has 0 bridgehead atoms. The summed E-state index contributed by atoms with van der Waals surface area (Å²) < 4.78 is 7.63. The molecular weight excluding hydrogens is 238 g/mol. The number of aromatic nitrogens is 2. The molecule has 4 nitrogen and oxygen atoms in total. The van der Waals surface area contributed by atoms with Crippen molar-refractivity contribution in [1.29, 1.82) is 0 Å². The molecule has 5 heteroatoms. The van der Waals surface area contributed by atoms with Gasteiger partial charge in [0.25, 0.3) is 0 Å². The van der Waals surface area contributed by atoms with Crippen molar-refractivity contribution in [3.63, 3.8) is 0 Å². The average molecular weight is 258 g/mol. The first-order valence-corrected chi connectivity index (χ1v) is 6.70. The molecule has 0 aromatic carbocycles. The molecule has 0 radical (unpaired) electrons. The smallest absolute Gasteiger partial charge is 0.0835 e. The summed E-state index contributed by atoms with van der Waals surface area (Å²) in [7, 11) is 0. The normalized spacial score (nSPS) is 22.6. The summed E-state index contributed by atoms with van der Waals surface area (Å²) in [6.45, 7) is 3.77. The molecule has 2 rings (SSSR count). The van der Waals surface area contributed by atoms with E-state index in [4.69, 9.17) is 22.1 Å². The predicted octanol–water partition coefficient (Wildman–Crippen LogP) is 2.52. The first-order chi connectivity index (χ1) is 8.24. The lowest BCUT2D eigenvalue weighted by molar-refractivity contribution is -0.00160. The van der Waals surface area contributed by atoms with Gasteiger partial charge in [-0.3, -0.25) is 4.68 Å². The van der Waals surface area contributed by atoms with Gasteiger partial charge in [0.2, 0.25) is 0 Å². The summed E-state index contributed by atoms with van der Waals surface area (Å²) in [5.41, 5.74) is 7.19. The van der Waals surface area contributed by atoms with E-state index in [1.807, 2.05) is 4.68 Å². The molecule has 1 aromatic rings. The second kappa shape index (κ2) is 5.85. The van der Waals surface area contributed by atoms with Gasteiger partial charge in [0, 0.05) is 13.2 Å². The zero-order chi connectivity index (χ0) is 12.3. The zero-order valence-electron chi connectivity index (χ0n) is 10.2. The standard InChI is InChI=1S/C12H20ClN3O/c1-2-6-16-12(9(13)8-15-16)11(14)10-5-3-4-7-17-10/h8,10-11H,2-7,14H2,1H3. The van der Waals surface area contributed by atoms with E-state index in [2.05, 4.69) is 12.0 Å². The van der Waals surface area contributed by atoms with Crippen molar-refractivity contribution in [2.45, 2.75) is 51.3 Å². The van der Waals surface area contributed by atoms with Gasteiger partial charge in [0.15, 0.2) is 0 Å². The van der Waals surface area contributed by atoms with Crippen LogP contribution in [-0.2, 0) is 11.3 Å². The van der Waals surface area contributed by atoms with Crippen LogP contribution < -0.4 is 5.73 Å². The predicted molar refractivity (Wildman–Crippen MR) is 68.0 cm³/mol. The molecule has 0 spiro atoms. The molecule has 1 aliphatic heterocycles. The lowest BCUT2D eigenvalue weighted by Gasteiger charge is -2.28. The van der Waals surface area contributed by atoms with Gasteiger partial charge in [-0.2, -0.15) is 5.10 Å². The third-order valence-corrected chi connectivity index (χ3v) is 3.49. The Morgan fingerprint density at radius 2 is 2.47 bits per heavy atom. The Morgan fingerprint density at radius 1 is 1.65 bits per heavy atom. The maximum absolute atomic E-state index is 6.28. The number of nitrogens with two attached hydrogens (primary N) is 1. The van der Waals surface area contributed by atoms with Crippen LogP contribution in [0.3, 0.4) is 0 Å². The second-order valence-corrected chi connectivity index (χ2v) is 4.94. The second-order valence-electron chi connectivity index (χ2n) is 4.53. The fourth-order valence-electron chi connectivity index (χ4n) is 2.32. The highest BCUT2D eigenvalue weighted by atomic mass is 35.5. The van der Waals surface area contributed by atoms with Gasteiger partial charge in [-0.25, -0.2) is 0 Å². The molecule has 1 aromatic heterocycles. The average Bonchev–Trinajstić information content (AvgIpc) is 2.71. The van der Waals surface area contributed by atoms with Crippen LogP contribution in [0.15, 0.2) is 6.20 Å². The van der Waals surface area contributed by atoms with E-state index in [1.54, 1.807) is 6.20 Å². The van der Waals surface area contributed by atoms with Gasteiger partial charge < -0.3 is 10.5 Å². The monoisotopic (exact) mass is 257 g/mol. The Kier molecular flexibility index (Phi) is 4.42. The summed E-state index contributed by atoms with van der Waals surface area (Å²) in [5.74, 6) is 0. The van der Waals surface area contributed by atoms with Gasteiger partial charge in [0.1, 0.15) is 0 Å². The highest BCUT2D eigenvalue weighted by Gasteiger charge is 2.27. The first kappa shape index (κ1) is 12.9. The summed E-state index contributed by atoms with van der Waals surface area (Å²) in [6, 6.07) is -0.170. The van der Waals surface area contributed by atoms with E-state index in [1.165, 1.54) is 6.42 Å². The number of nitrogens with zero attached hydrogens (tertiary/aromatic N) is 2. The van der Waals surface area contributed by atoms with Crippen LogP contribution in [0.5, 0.6) is 0 Å². The SMILES string of the molecule is CCCn1ncc(Cl)c1C(N)C1CCCCO1. The van der Waals surface area contributed by atoms with E-state index >= 15 is 0 Å². The third-order valence-electron chi connectivity index (χ3n) is 3.20. The molecule has 0 aliphatic carbocycles. The largest absolute Gasteiger partial charge is 0.376 e. The molecular formula is C12H20ClN3O. The van der Waals surface area contributed by atoms with Crippen LogP contribution in [-0.4, -0.2) is 22.5 Å². The molecule has 17 heavy (non-hydrogen) atoms. The Labute approximate surface area is 107 Å².